The van der Waals surface area contributed by atoms with E-state index in [1.54, 1.807) is 8.99 Å². The lowest BCUT2D eigenvalue weighted by Crippen LogP contribution is -2.58. The van der Waals surface area contributed by atoms with Crippen molar-refractivity contribution in [1.82, 2.24) is 14.1 Å². The highest BCUT2D eigenvalue weighted by Gasteiger charge is 2.54. The summed E-state index contributed by atoms with van der Waals surface area (Å²) >= 11 is 1.50. The minimum Gasteiger partial charge on any atom is -0.357 e. The first-order valence-electron chi connectivity index (χ1n) is 9.54. The van der Waals surface area contributed by atoms with Crippen LogP contribution in [0.2, 0.25) is 0 Å². The lowest BCUT2D eigenvalue weighted by molar-refractivity contribution is -0.269. The first kappa shape index (κ1) is 21.5. The van der Waals surface area contributed by atoms with E-state index >= 15 is 0 Å². The second-order valence-electron chi connectivity index (χ2n) is 7.48. The summed E-state index contributed by atoms with van der Waals surface area (Å²) in [7, 11) is 0. The van der Waals surface area contributed by atoms with Crippen LogP contribution in [0, 0.1) is 11.6 Å². The van der Waals surface area contributed by atoms with Crippen molar-refractivity contribution in [3.63, 3.8) is 0 Å². The molecule has 0 aliphatic carbocycles. The van der Waals surface area contributed by atoms with E-state index in [0.717, 1.165) is 35.2 Å². The quantitative estimate of drug-likeness (QED) is 0.722. The summed E-state index contributed by atoms with van der Waals surface area (Å²) in [5.74, 6) is -0.788. The molecule has 1 aromatic heterocycles. The number of rotatable bonds is 4. The van der Waals surface area contributed by atoms with Gasteiger partial charge in [0.05, 0.1) is 5.69 Å². The summed E-state index contributed by atoms with van der Waals surface area (Å²) in [6.45, 7) is 2.53. The Morgan fingerprint density at radius 2 is 2.03 bits per heavy atom. The van der Waals surface area contributed by atoms with Gasteiger partial charge in [-0.2, -0.15) is 18.3 Å². The molecule has 5 nitrogen and oxygen atoms in total. The lowest BCUT2D eigenvalue weighted by atomic mass is 9.89. The molecule has 30 heavy (non-hydrogen) atoms. The van der Waals surface area contributed by atoms with Crippen molar-refractivity contribution in [2.24, 2.45) is 5.73 Å². The van der Waals surface area contributed by atoms with Crippen molar-refractivity contribution >= 4 is 11.9 Å². The predicted molar refractivity (Wildman–Crippen MR) is 101 cm³/mol. The van der Waals surface area contributed by atoms with E-state index in [4.69, 9.17) is 10.5 Å². The molecule has 2 aliphatic rings. The highest BCUT2D eigenvalue weighted by atomic mass is 32.2. The van der Waals surface area contributed by atoms with Gasteiger partial charge in [-0.1, -0.05) is 6.92 Å². The molecule has 1 aromatic carbocycles. The molecule has 1 fully saturated rings. The molecule has 3 heterocycles. The molecule has 0 amide bonds. The van der Waals surface area contributed by atoms with Gasteiger partial charge < -0.3 is 10.5 Å². The van der Waals surface area contributed by atoms with E-state index in [9.17, 15) is 22.0 Å². The van der Waals surface area contributed by atoms with Crippen molar-refractivity contribution in [3.05, 3.63) is 52.9 Å². The van der Waals surface area contributed by atoms with E-state index in [1.165, 1.54) is 11.9 Å². The summed E-state index contributed by atoms with van der Waals surface area (Å²) in [4.78, 5) is 1.65. The Morgan fingerprint density at radius 1 is 1.27 bits per heavy atom. The minimum atomic E-state index is -4.69. The van der Waals surface area contributed by atoms with Crippen LogP contribution >= 0.6 is 11.9 Å². The summed E-state index contributed by atoms with van der Waals surface area (Å²) in [6.07, 6.45) is -6.51. The van der Waals surface area contributed by atoms with Gasteiger partial charge in [0.2, 0.25) is 0 Å². The molecule has 2 N–H and O–H groups in total. The summed E-state index contributed by atoms with van der Waals surface area (Å²) in [5, 5.41) is 4.41. The van der Waals surface area contributed by atoms with Crippen LogP contribution in [0.3, 0.4) is 0 Å². The molecule has 2 aromatic rings. The highest BCUT2D eigenvalue weighted by Crippen LogP contribution is 2.42. The van der Waals surface area contributed by atoms with Gasteiger partial charge in [-0.3, -0.25) is 4.90 Å². The smallest absolute Gasteiger partial charge is 0.357 e. The molecule has 4 atom stereocenters. The molecule has 0 saturated carbocycles. The van der Waals surface area contributed by atoms with Crippen molar-refractivity contribution in [3.8, 4) is 0 Å². The maximum Gasteiger partial charge on any atom is 0.416 e. The zero-order valence-electron chi connectivity index (χ0n) is 16.1. The second-order valence-corrected chi connectivity index (χ2v) is 8.69. The number of nitrogens with zero attached hydrogens (tertiary/aromatic N) is 3. The van der Waals surface area contributed by atoms with Crippen LogP contribution in [0.4, 0.5) is 22.0 Å². The van der Waals surface area contributed by atoms with Crippen molar-refractivity contribution in [1.29, 1.82) is 0 Å². The molecular weight excluding hydrogens is 427 g/mol. The van der Waals surface area contributed by atoms with Crippen LogP contribution in [0.25, 0.3) is 0 Å². The monoisotopic (exact) mass is 448 g/mol. The van der Waals surface area contributed by atoms with Gasteiger partial charge in [-0.15, -0.1) is 0 Å². The Bertz CT molecular complexity index is 897. The number of halogens is 5. The van der Waals surface area contributed by atoms with Gasteiger partial charge in [0.25, 0.3) is 0 Å². The number of aromatic nitrogens is 2. The Morgan fingerprint density at radius 3 is 2.70 bits per heavy atom. The number of ether oxygens (including phenoxy) is 1. The van der Waals surface area contributed by atoms with Gasteiger partial charge in [-0.05, 0) is 36.6 Å². The predicted octanol–water partition coefficient (Wildman–Crippen LogP) is 3.78. The number of hydrogen-bond acceptors (Lipinski definition) is 5. The van der Waals surface area contributed by atoms with E-state index < -0.39 is 42.1 Å². The van der Waals surface area contributed by atoms with E-state index in [0.29, 0.717) is 6.54 Å². The lowest BCUT2D eigenvalue weighted by Gasteiger charge is -2.44. The van der Waals surface area contributed by atoms with Gasteiger partial charge in [0.1, 0.15) is 17.7 Å². The van der Waals surface area contributed by atoms with Crippen LogP contribution < -0.4 is 5.73 Å². The average molecular weight is 448 g/mol. The molecule has 164 valence electrons. The van der Waals surface area contributed by atoms with Gasteiger partial charge in [0, 0.05) is 48.2 Å². The number of alkyl halides is 3. The third-order valence-electron chi connectivity index (χ3n) is 5.45. The van der Waals surface area contributed by atoms with Crippen LogP contribution in [0.15, 0.2) is 24.4 Å². The normalized spacial score (nSPS) is 27.4. The number of benzene rings is 1. The number of hydrogen-bond donors (Lipinski definition) is 1. The minimum absolute atomic E-state index is 0.0707. The number of nitrogens with two attached hydrogens (primary N) is 1. The molecular formula is C19H21F5N4OS. The Hall–Kier alpha value is -1.69. The maximum absolute atomic E-state index is 14.2. The van der Waals surface area contributed by atoms with Crippen molar-refractivity contribution < 1.29 is 26.7 Å². The first-order valence-corrected chi connectivity index (χ1v) is 10.5. The molecule has 4 rings (SSSR count). The maximum atomic E-state index is 14.2. The largest absolute Gasteiger partial charge is 0.416 e. The molecule has 0 bridgehead atoms. The average Bonchev–Trinajstić information content (AvgIpc) is 3.21. The van der Waals surface area contributed by atoms with Gasteiger partial charge in [0.15, 0.2) is 6.10 Å². The fourth-order valence-electron chi connectivity index (χ4n) is 4.13. The summed E-state index contributed by atoms with van der Waals surface area (Å²) in [6, 6.07) is 0.631. The third kappa shape index (κ3) is 4.08. The topological polar surface area (TPSA) is 56.3 Å². The standard InChI is InChI=1S/C19H21F5N4OS/c1-2-30-28-8-10-7-27(9-15(10)26-28)16-6-14(25)17(29-18(16)19(22,23)24)12-5-11(20)3-4-13(12)21/h3-5,8,14,16-18H,2,6-7,9,25H2,1H3/t14?,16?,17-,18?/m1/s1. The van der Waals surface area contributed by atoms with Crippen LogP contribution in [0.5, 0.6) is 0 Å². The van der Waals surface area contributed by atoms with E-state index in [2.05, 4.69) is 5.10 Å². The highest BCUT2D eigenvalue weighted by molar-refractivity contribution is 7.97. The zero-order valence-corrected chi connectivity index (χ0v) is 16.9. The van der Waals surface area contributed by atoms with Crippen molar-refractivity contribution in [2.75, 3.05) is 5.75 Å². The molecule has 1 saturated heterocycles. The zero-order chi connectivity index (χ0) is 21.6. The molecule has 3 unspecified atom stereocenters. The second kappa shape index (κ2) is 8.10. The summed E-state index contributed by atoms with van der Waals surface area (Å²) in [5.41, 5.74) is 7.40. The molecule has 2 aliphatic heterocycles. The fraction of sp³-hybridized carbons (Fsp3) is 0.526. The third-order valence-corrected chi connectivity index (χ3v) is 6.16. The SMILES string of the molecule is CCSn1cc2c(n1)CN(C1CC(N)[C@@H](c3cc(F)ccc3F)OC1C(F)(F)F)C2. The molecule has 0 radical (unpaired) electrons. The Kier molecular flexibility index (Phi) is 5.82. The number of fused-ring (bicyclic) bond motifs is 1. The van der Waals surface area contributed by atoms with E-state index in [1.807, 2.05) is 13.1 Å². The first-order chi connectivity index (χ1) is 14.2. The summed E-state index contributed by atoms with van der Waals surface area (Å²) < 4.78 is 76.4. The van der Waals surface area contributed by atoms with Crippen LogP contribution in [-0.2, 0) is 17.8 Å². The fourth-order valence-corrected chi connectivity index (χ4v) is 4.76. The Labute approximate surface area is 174 Å². The van der Waals surface area contributed by atoms with Crippen molar-refractivity contribution in [2.45, 2.75) is 56.9 Å². The van der Waals surface area contributed by atoms with Gasteiger partial charge >= 0.3 is 6.18 Å². The Balaban J connectivity index is 1.57. The van der Waals surface area contributed by atoms with E-state index in [-0.39, 0.29) is 18.5 Å². The van der Waals surface area contributed by atoms with Crippen LogP contribution in [-0.4, -0.2) is 44.2 Å². The van der Waals surface area contributed by atoms with Crippen LogP contribution in [0.1, 0.15) is 36.3 Å². The van der Waals surface area contributed by atoms with Gasteiger partial charge in [-0.25, -0.2) is 12.9 Å². The molecule has 0 spiro atoms. The molecule has 11 heteroatoms.